The summed E-state index contributed by atoms with van der Waals surface area (Å²) in [6, 6.07) is 15.2. The van der Waals surface area contributed by atoms with Gasteiger partial charge in [0.15, 0.2) is 17.9 Å². The van der Waals surface area contributed by atoms with Gasteiger partial charge in [-0.15, -0.1) is 0 Å². The molecule has 1 saturated heterocycles. The molecule has 0 bridgehead atoms. The van der Waals surface area contributed by atoms with Crippen LogP contribution in [0.5, 0.6) is 0 Å². The van der Waals surface area contributed by atoms with Gasteiger partial charge in [0.25, 0.3) is 5.91 Å². The van der Waals surface area contributed by atoms with Crippen molar-refractivity contribution >= 4 is 40.5 Å². The Kier molecular flexibility index (Phi) is 7.83. The van der Waals surface area contributed by atoms with Gasteiger partial charge in [0.1, 0.15) is 12.8 Å². The number of nitrogens with one attached hydrogen (secondary N) is 4. The maximum Gasteiger partial charge on any atom is 0.305 e. The molecule has 5 rings (SSSR count). The molecule has 41 heavy (non-hydrogen) atoms. The zero-order valence-electron chi connectivity index (χ0n) is 22.4. The summed E-state index contributed by atoms with van der Waals surface area (Å²) in [5.41, 5.74) is 6.46. The highest BCUT2D eigenvalue weighted by Gasteiger charge is 2.39. The van der Waals surface area contributed by atoms with E-state index in [-0.39, 0.29) is 41.8 Å². The molecule has 210 valence electrons. The van der Waals surface area contributed by atoms with Crippen LogP contribution in [0, 0.1) is 5.41 Å². The van der Waals surface area contributed by atoms with Crippen LogP contribution in [-0.2, 0) is 16.0 Å². The summed E-state index contributed by atoms with van der Waals surface area (Å²) < 4.78 is 5.54. The van der Waals surface area contributed by atoms with Crippen LogP contribution in [0.25, 0.3) is 11.2 Å². The third-order valence-corrected chi connectivity index (χ3v) is 7.14. The van der Waals surface area contributed by atoms with E-state index in [4.69, 9.17) is 10.5 Å². The van der Waals surface area contributed by atoms with Crippen molar-refractivity contribution in [3.8, 4) is 0 Å². The number of hydrogen-bond acceptors (Lipinski definition) is 7. The van der Waals surface area contributed by atoms with Gasteiger partial charge in [-0.2, -0.15) is 4.98 Å². The summed E-state index contributed by atoms with van der Waals surface area (Å²) in [5, 5.41) is 5.59. The molecule has 3 amide bonds. The number of hydrogen-bond donors (Lipinski definition) is 4. The minimum Gasteiger partial charge on any atom is -0.366 e. The van der Waals surface area contributed by atoms with E-state index in [0.29, 0.717) is 47.6 Å². The lowest BCUT2D eigenvalue weighted by Gasteiger charge is -2.31. The summed E-state index contributed by atoms with van der Waals surface area (Å²) in [7, 11) is 0. The maximum absolute atomic E-state index is 13.9. The van der Waals surface area contributed by atoms with E-state index in [9.17, 15) is 19.2 Å². The number of nitrogens with zero attached hydrogens (tertiary/aromatic N) is 2. The Morgan fingerprint density at radius 2 is 1.83 bits per heavy atom. The monoisotopic (exact) mass is 556 g/mol. The van der Waals surface area contributed by atoms with Crippen LogP contribution in [0.4, 0.5) is 5.82 Å². The molecule has 2 aromatic heterocycles. The molecule has 0 saturated carbocycles. The lowest BCUT2D eigenvalue weighted by molar-refractivity contribution is -0.347. The predicted molar refractivity (Wildman–Crippen MR) is 148 cm³/mol. The number of carbonyl (C=O) groups excluding carboxylic acids is 4. The van der Waals surface area contributed by atoms with Crippen molar-refractivity contribution in [2.75, 3.05) is 11.9 Å². The largest absolute Gasteiger partial charge is 0.366 e. The van der Waals surface area contributed by atoms with Crippen LogP contribution in [-0.4, -0.2) is 51.3 Å². The second-order valence-electron chi connectivity index (χ2n) is 10.2. The van der Waals surface area contributed by atoms with Crippen LogP contribution in [0.2, 0.25) is 0 Å². The van der Waals surface area contributed by atoms with E-state index in [1.807, 2.05) is 6.07 Å². The van der Waals surface area contributed by atoms with E-state index in [2.05, 4.69) is 30.6 Å². The quantitative estimate of drug-likeness (QED) is 0.204. The molecule has 0 radical (unpaired) electrons. The number of H-pyrrole nitrogens is 2. The van der Waals surface area contributed by atoms with E-state index in [1.165, 1.54) is 6.07 Å². The standard InChI is InChI=1S/C29H29N7O5/c1-29(14-22-35-21(37)15-41-22,24(38)18-10-5-6-11-19(18)25(30)39)13-7-12-20-33-26-23(31-16-32-26)27(34-20)36-28(40)17-8-3-2-4-9-17/h2-6,8-11,16,22H,7,12-15H2,1H3,(H2,30,39)(H,35,37)(H2,31,32,33,34,36,40)/p+1. The summed E-state index contributed by atoms with van der Waals surface area (Å²) >= 11 is 0. The molecule has 1 fully saturated rings. The van der Waals surface area contributed by atoms with Crippen LogP contribution in [0.1, 0.15) is 63.1 Å². The van der Waals surface area contributed by atoms with E-state index in [0.717, 1.165) is 0 Å². The van der Waals surface area contributed by atoms with Crippen LogP contribution < -0.4 is 21.4 Å². The SMILES string of the molecule is CC(CCCc1nc(NC(=O)c2ccccc2)c2[nH]c[nH+]c2n1)(CC1NC(=O)CO1)C(=O)c1ccccc1C(N)=O. The van der Waals surface area contributed by atoms with Crippen LogP contribution in [0.15, 0.2) is 60.9 Å². The Balaban J connectivity index is 1.37. The highest BCUT2D eigenvalue weighted by molar-refractivity contribution is 6.09. The first-order chi connectivity index (χ1) is 19.7. The molecule has 3 heterocycles. The molecular weight excluding hydrogens is 526 g/mol. The molecule has 1 aliphatic heterocycles. The molecule has 12 nitrogen and oxygen atoms in total. The molecule has 1 aliphatic rings. The van der Waals surface area contributed by atoms with Crippen molar-refractivity contribution in [1.82, 2.24) is 20.3 Å². The van der Waals surface area contributed by atoms with Gasteiger partial charge >= 0.3 is 5.65 Å². The minimum absolute atomic E-state index is 0.0781. The number of rotatable bonds is 11. The van der Waals surface area contributed by atoms with Crippen molar-refractivity contribution in [1.29, 1.82) is 0 Å². The number of aromatic amines is 2. The van der Waals surface area contributed by atoms with Crippen molar-refractivity contribution in [3.05, 3.63) is 83.4 Å². The number of primary amides is 1. The lowest BCUT2D eigenvalue weighted by atomic mass is 9.74. The maximum atomic E-state index is 13.9. The molecule has 4 aromatic rings. The highest BCUT2D eigenvalue weighted by atomic mass is 16.5. The van der Waals surface area contributed by atoms with Crippen molar-refractivity contribution in [2.24, 2.45) is 11.1 Å². The fourth-order valence-electron chi connectivity index (χ4n) is 5.02. The molecule has 0 spiro atoms. The normalized spacial score (nSPS) is 16.2. The minimum atomic E-state index is -1.01. The third-order valence-electron chi connectivity index (χ3n) is 7.14. The number of amides is 3. The van der Waals surface area contributed by atoms with Crippen molar-refractivity contribution in [3.63, 3.8) is 0 Å². The van der Waals surface area contributed by atoms with Gasteiger partial charge in [-0.25, -0.2) is 4.98 Å². The number of fused-ring (bicyclic) bond motifs is 1. The number of ether oxygens (including phenoxy) is 1. The summed E-state index contributed by atoms with van der Waals surface area (Å²) in [6.45, 7) is 1.71. The Bertz CT molecular complexity index is 1620. The van der Waals surface area contributed by atoms with E-state index in [1.54, 1.807) is 55.7 Å². The van der Waals surface area contributed by atoms with Crippen LogP contribution in [0.3, 0.4) is 0 Å². The molecule has 2 unspecified atom stereocenters. The molecule has 6 N–H and O–H groups in total. The molecular formula is C29H30N7O5+. The van der Waals surface area contributed by atoms with Gasteiger partial charge in [-0.1, -0.05) is 48.3 Å². The van der Waals surface area contributed by atoms with Crippen LogP contribution >= 0.6 is 0 Å². The lowest BCUT2D eigenvalue weighted by Crippen LogP contribution is -2.38. The van der Waals surface area contributed by atoms with Gasteiger partial charge < -0.3 is 21.1 Å². The number of benzene rings is 2. The Labute approximate surface area is 235 Å². The highest BCUT2D eigenvalue weighted by Crippen LogP contribution is 2.36. The number of imidazole rings is 1. The van der Waals surface area contributed by atoms with Gasteiger partial charge in [0, 0.05) is 34.9 Å². The average molecular weight is 557 g/mol. The fraction of sp³-hybridized carbons (Fsp3) is 0.276. The Morgan fingerprint density at radius 1 is 1.10 bits per heavy atom. The molecule has 2 atom stereocenters. The number of nitrogens with two attached hydrogens (primary N) is 1. The van der Waals surface area contributed by atoms with E-state index < -0.39 is 17.6 Å². The van der Waals surface area contributed by atoms with Crippen molar-refractivity contribution < 1.29 is 28.9 Å². The molecule has 2 aromatic carbocycles. The predicted octanol–water partition coefficient (Wildman–Crippen LogP) is 2.20. The zero-order chi connectivity index (χ0) is 29.0. The second-order valence-corrected chi connectivity index (χ2v) is 10.2. The number of Topliss-reactive ketones (excluding diaryl/α,β-unsaturated/α-hetero) is 1. The number of ketones is 1. The number of aromatic nitrogens is 4. The van der Waals surface area contributed by atoms with Gasteiger partial charge in [-0.3, -0.25) is 24.2 Å². The van der Waals surface area contributed by atoms with Gasteiger partial charge in [-0.05, 0) is 31.0 Å². The first-order valence-corrected chi connectivity index (χ1v) is 13.2. The molecule has 0 aliphatic carbocycles. The smallest absolute Gasteiger partial charge is 0.305 e. The Morgan fingerprint density at radius 3 is 2.54 bits per heavy atom. The third kappa shape index (κ3) is 6.12. The Hall–Kier alpha value is -4.97. The second kappa shape index (κ2) is 11.6. The van der Waals surface area contributed by atoms with Gasteiger partial charge in [0.05, 0.1) is 0 Å². The first kappa shape index (κ1) is 27.6. The zero-order valence-corrected chi connectivity index (χ0v) is 22.4. The molecule has 12 heteroatoms. The topological polar surface area (TPSA) is 183 Å². The first-order valence-electron chi connectivity index (χ1n) is 13.2. The number of anilines is 1. The summed E-state index contributed by atoms with van der Waals surface area (Å²) in [5.74, 6) is -0.738. The average Bonchev–Trinajstić information content (AvgIpc) is 3.61. The van der Waals surface area contributed by atoms with Gasteiger partial charge in [0.2, 0.25) is 23.2 Å². The summed E-state index contributed by atoms with van der Waals surface area (Å²) in [4.78, 5) is 65.7. The van der Waals surface area contributed by atoms with Crippen molar-refractivity contribution in [2.45, 2.75) is 38.8 Å². The summed E-state index contributed by atoms with van der Waals surface area (Å²) in [6.07, 6.45) is 2.42. The number of carbonyl (C=O) groups is 4. The van der Waals surface area contributed by atoms with E-state index >= 15 is 0 Å². The fourth-order valence-corrected chi connectivity index (χ4v) is 5.02. The number of aryl methyl sites for hydroxylation is 1.